The third-order valence-electron chi connectivity index (χ3n) is 5.67. The van der Waals surface area contributed by atoms with Gasteiger partial charge in [0, 0.05) is 4.88 Å². The molecule has 0 aromatic carbocycles. The summed E-state index contributed by atoms with van der Waals surface area (Å²) in [6, 6.07) is 2.19. The van der Waals surface area contributed by atoms with Gasteiger partial charge in [-0.3, -0.25) is 10.1 Å². The highest BCUT2D eigenvalue weighted by Gasteiger charge is 2.48. The van der Waals surface area contributed by atoms with E-state index in [9.17, 15) is 23.2 Å². The second-order valence-corrected chi connectivity index (χ2v) is 9.09. The third-order valence-corrected chi connectivity index (χ3v) is 6.61. The number of amides is 1. The highest BCUT2D eigenvalue weighted by atomic mass is 32.1. The number of carbonyl (C=O) groups excluding carboxylic acids is 1. The standard InChI is InChI=1S/C19H24F3N3OS/c1-17(6-2-3-7-17)11-13(16(26)25-18(12-23)8-9-18)24-15(19(20,21)22)14-5-4-10-27-14/h4-5,10,13,15,24H,2-3,6-9,11H2,1H3,(H,25,26)/t13-,15?/m0/s1. The molecular formula is C19H24F3N3OS. The summed E-state index contributed by atoms with van der Waals surface area (Å²) >= 11 is 1.02. The Balaban J connectivity index is 1.81. The van der Waals surface area contributed by atoms with Crippen LogP contribution < -0.4 is 10.6 Å². The molecule has 2 aliphatic rings. The number of halogens is 3. The van der Waals surface area contributed by atoms with Crippen LogP contribution in [0.25, 0.3) is 0 Å². The van der Waals surface area contributed by atoms with Crippen molar-refractivity contribution >= 4 is 17.2 Å². The molecule has 2 N–H and O–H groups in total. The van der Waals surface area contributed by atoms with Crippen LogP contribution in [0.5, 0.6) is 0 Å². The lowest BCUT2D eigenvalue weighted by Crippen LogP contribution is -2.53. The second kappa shape index (κ2) is 7.44. The number of thiophene rings is 1. The van der Waals surface area contributed by atoms with E-state index in [0.29, 0.717) is 19.3 Å². The van der Waals surface area contributed by atoms with E-state index in [1.807, 2.05) is 6.92 Å². The van der Waals surface area contributed by atoms with Crippen LogP contribution >= 0.6 is 11.3 Å². The van der Waals surface area contributed by atoms with Gasteiger partial charge < -0.3 is 5.32 Å². The lowest BCUT2D eigenvalue weighted by Gasteiger charge is -2.33. The van der Waals surface area contributed by atoms with Crippen LogP contribution in [0.1, 0.15) is 62.8 Å². The molecule has 2 saturated carbocycles. The maximum atomic E-state index is 13.7. The fourth-order valence-electron chi connectivity index (χ4n) is 3.86. The van der Waals surface area contributed by atoms with E-state index in [4.69, 9.17) is 0 Å². The molecule has 1 aromatic heterocycles. The number of hydrogen-bond acceptors (Lipinski definition) is 4. The molecule has 0 spiro atoms. The number of carbonyl (C=O) groups is 1. The monoisotopic (exact) mass is 399 g/mol. The van der Waals surface area contributed by atoms with Crippen molar-refractivity contribution in [1.82, 2.24) is 10.6 Å². The zero-order chi connectivity index (χ0) is 19.7. The predicted molar refractivity (Wildman–Crippen MR) is 97.0 cm³/mol. The molecule has 1 amide bonds. The SMILES string of the molecule is CC1(C[C@H](NC(c2cccs2)C(F)(F)F)C(=O)NC2(C#N)CC2)CCCC1. The summed E-state index contributed by atoms with van der Waals surface area (Å²) in [6.07, 6.45) is 0.779. The Morgan fingerprint density at radius 2 is 2.00 bits per heavy atom. The van der Waals surface area contributed by atoms with Crippen molar-refractivity contribution in [1.29, 1.82) is 5.26 Å². The summed E-state index contributed by atoms with van der Waals surface area (Å²) in [6.45, 7) is 2.03. The molecule has 27 heavy (non-hydrogen) atoms. The van der Waals surface area contributed by atoms with E-state index in [1.54, 1.807) is 11.4 Å². The average Bonchev–Trinajstić information content (AvgIpc) is 2.97. The van der Waals surface area contributed by atoms with Crippen molar-refractivity contribution in [2.75, 3.05) is 0 Å². The van der Waals surface area contributed by atoms with E-state index >= 15 is 0 Å². The minimum Gasteiger partial charge on any atom is -0.336 e. The highest BCUT2D eigenvalue weighted by Crippen LogP contribution is 2.43. The molecule has 0 radical (unpaired) electrons. The topological polar surface area (TPSA) is 64.9 Å². The van der Waals surface area contributed by atoms with Gasteiger partial charge in [0.1, 0.15) is 11.6 Å². The van der Waals surface area contributed by atoms with Crippen molar-refractivity contribution < 1.29 is 18.0 Å². The number of rotatable bonds is 7. The Labute approximate surface area is 161 Å². The zero-order valence-electron chi connectivity index (χ0n) is 15.2. The van der Waals surface area contributed by atoms with E-state index in [1.165, 1.54) is 6.07 Å². The van der Waals surface area contributed by atoms with Crippen LogP contribution in [0, 0.1) is 16.7 Å². The van der Waals surface area contributed by atoms with Crippen LogP contribution in [0.15, 0.2) is 17.5 Å². The molecule has 8 heteroatoms. The Bertz CT molecular complexity index is 701. The van der Waals surface area contributed by atoms with Crippen molar-refractivity contribution in [3.05, 3.63) is 22.4 Å². The summed E-state index contributed by atoms with van der Waals surface area (Å²) in [5, 5.41) is 16.1. The molecule has 2 atom stereocenters. The molecule has 0 bridgehead atoms. The van der Waals surface area contributed by atoms with Gasteiger partial charge in [-0.25, -0.2) is 0 Å². The number of hydrogen-bond donors (Lipinski definition) is 2. The van der Waals surface area contributed by atoms with Gasteiger partial charge in [-0.05, 0) is 49.0 Å². The van der Waals surface area contributed by atoms with Gasteiger partial charge in [0.05, 0.1) is 12.1 Å². The minimum atomic E-state index is -4.51. The molecule has 1 aromatic rings. The quantitative estimate of drug-likeness (QED) is 0.712. The Morgan fingerprint density at radius 1 is 1.33 bits per heavy atom. The van der Waals surface area contributed by atoms with Crippen LogP contribution in [-0.2, 0) is 4.79 Å². The molecule has 1 heterocycles. The number of nitrogens with zero attached hydrogens (tertiary/aromatic N) is 1. The summed E-state index contributed by atoms with van der Waals surface area (Å²) in [5.41, 5.74) is -1.06. The molecule has 0 saturated heterocycles. The summed E-state index contributed by atoms with van der Waals surface area (Å²) in [7, 11) is 0. The van der Waals surface area contributed by atoms with Gasteiger partial charge in [0.15, 0.2) is 0 Å². The van der Waals surface area contributed by atoms with E-state index in [-0.39, 0.29) is 10.3 Å². The third kappa shape index (κ3) is 4.82. The lowest BCUT2D eigenvalue weighted by atomic mass is 9.81. The molecular weight excluding hydrogens is 375 g/mol. The zero-order valence-corrected chi connectivity index (χ0v) is 16.1. The molecule has 1 unspecified atom stereocenters. The first kappa shape index (κ1) is 20.2. The fourth-order valence-corrected chi connectivity index (χ4v) is 4.67. The number of nitrogens with one attached hydrogen (secondary N) is 2. The molecule has 3 rings (SSSR count). The van der Waals surface area contributed by atoms with Gasteiger partial charge in [0.2, 0.25) is 5.91 Å². The highest BCUT2D eigenvalue weighted by molar-refractivity contribution is 7.10. The van der Waals surface area contributed by atoms with Crippen LogP contribution in [0.2, 0.25) is 0 Å². The van der Waals surface area contributed by atoms with Gasteiger partial charge >= 0.3 is 6.18 Å². The molecule has 0 aliphatic heterocycles. The Hall–Kier alpha value is -1.59. The molecule has 148 valence electrons. The normalized spacial score (nSPS) is 22.6. The maximum absolute atomic E-state index is 13.7. The Morgan fingerprint density at radius 3 is 2.48 bits per heavy atom. The van der Waals surface area contributed by atoms with E-state index in [0.717, 1.165) is 37.0 Å². The van der Waals surface area contributed by atoms with Gasteiger partial charge in [-0.1, -0.05) is 25.8 Å². The smallest absolute Gasteiger partial charge is 0.336 e. The van der Waals surface area contributed by atoms with E-state index in [2.05, 4.69) is 16.7 Å². The van der Waals surface area contributed by atoms with E-state index < -0.39 is 29.7 Å². The number of nitriles is 1. The van der Waals surface area contributed by atoms with Crippen LogP contribution in [0.4, 0.5) is 13.2 Å². The predicted octanol–water partition coefficient (Wildman–Crippen LogP) is 4.45. The van der Waals surface area contributed by atoms with Gasteiger partial charge in [-0.15, -0.1) is 11.3 Å². The fraction of sp³-hybridized carbons (Fsp3) is 0.684. The lowest BCUT2D eigenvalue weighted by molar-refractivity contribution is -0.160. The summed E-state index contributed by atoms with van der Waals surface area (Å²) in [5.74, 6) is -0.506. The molecule has 4 nitrogen and oxygen atoms in total. The first-order chi connectivity index (χ1) is 12.7. The first-order valence-corrected chi connectivity index (χ1v) is 10.1. The van der Waals surface area contributed by atoms with Gasteiger partial charge in [-0.2, -0.15) is 18.4 Å². The largest absolute Gasteiger partial charge is 0.408 e. The molecule has 2 aliphatic carbocycles. The number of alkyl halides is 3. The summed E-state index contributed by atoms with van der Waals surface area (Å²) < 4.78 is 41.1. The van der Waals surface area contributed by atoms with Crippen molar-refractivity contribution in [3.63, 3.8) is 0 Å². The van der Waals surface area contributed by atoms with Crippen LogP contribution in [-0.4, -0.2) is 23.7 Å². The van der Waals surface area contributed by atoms with Crippen molar-refractivity contribution in [3.8, 4) is 6.07 Å². The minimum absolute atomic E-state index is 0.137. The molecule has 2 fully saturated rings. The maximum Gasteiger partial charge on any atom is 0.408 e. The van der Waals surface area contributed by atoms with Gasteiger partial charge in [0.25, 0.3) is 0 Å². The van der Waals surface area contributed by atoms with Crippen molar-refractivity contribution in [2.45, 2.75) is 75.7 Å². The first-order valence-electron chi connectivity index (χ1n) is 9.26. The Kier molecular flexibility index (Phi) is 5.55. The van der Waals surface area contributed by atoms with Crippen molar-refractivity contribution in [2.24, 2.45) is 5.41 Å². The average molecular weight is 399 g/mol. The summed E-state index contributed by atoms with van der Waals surface area (Å²) in [4.78, 5) is 13.0. The van der Waals surface area contributed by atoms with Crippen LogP contribution in [0.3, 0.4) is 0 Å². The second-order valence-electron chi connectivity index (χ2n) is 8.11.